The maximum Gasteiger partial charge on any atom is 0.292 e. The number of carbonyl (C=O) groups is 1. The SMILES string of the molecule is CCCOC(=N[C@@H]1CCCc2ccccc21)NC(=O)c1cccs1. The van der Waals surface area contributed by atoms with E-state index in [4.69, 9.17) is 9.73 Å². The molecule has 0 saturated heterocycles. The summed E-state index contributed by atoms with van der Waals surface area (Å²) in [6, 6.07) is 12.4. The quantitative estimate of drug-likeness (QED) is 0.664. The van der Waals surface area contributed by atoms with E-state index in [1.54, 1.807) is 6.07 Å². The van der Waals surface area contributed by atoms with Gasteiger partial charge in [-0.25, -0.2) is 4.99 Å². The fraction of sp³-hybridized carbons (Fsp3) is 0.368. The van der Waals surface area contributed by atoms with E-state index >= 15 is 0 Å². The zero-order valence-electron chi connectivity index (χ0n) is 13.8. The number of carbonyl (C=O) groups excluding carboxylic acids is 1. The minimum absolute atomic E-state index is 0.0467. The molecule has 0 saturated carbocycles. The number of fused-ring (bicyclic) bond motifs is 1. The zero-order valence-corrected chi connectivity index (χ0v) is 14.6. The molecule has 0 unspecified atom stereocenters. The standard InChI is InChI=1S/C19H22N2O2S/c1-2-12-23-19(21-18(22)17-11-6-13-24-17)20-16-10-5-8-14-7-3-4-9-15(14)16/h3-4,6-7,9,11,13,16H,2,5,8,10,12H2,1H3,(H,20,21,22)/t16-/m1/s1. The largest absolute Gasteiger partial charge is 0.465 e. The molecule has 0 fully saturated rings. The lowest BCUT2D eigenvalue weighted by Crippen LogP contribution is -2.33. The van der Waals surface area contributed by atoms with Crippen LogP contribution in [-0.4, -0.2) is 18.5 Å². The van der Waals surface area contributed by atoms with Gasteiger partial charge in [-0.1, -0.05) is 37.3 Å². The number of hydrogen-bond donors (Lipinski definition) is 1. The number of rotatable bonds is 4. The third-order valence-electron chi connectivity index (χ3n) is 4.02. The predicted molar refractivity (Wildman–Crippen MR) is 97.6 cm³/mol. The van der Waals surface area contributed by atoms with Gasteiger partial charge in [-0.3, -0.25) is 10.1 Å². The van der Waals surface area contributed by atoms with Crippen LogP contribution in [0.4, 0.5) is 0 Å². The van der Waals surface area contributed by atoms with Gasteiger partial charge < -0.3 is 4.74 Å². The van der Waals surface area contributed by atoms with Crippen molar-refractivity contribution in [2.45, 2.75) is 38.6 Å². The summed E-state index contributed by atoms with van der Waals surface area (Å²) < 4.78 is 5.70. The van der Waals surface area contributed by atoms with Crippen LogP contribution in [0.3, 0.4) is 0 Å². The molecule has 0 radical (unpaired) electrons. The molecule has 0 spiro atoms. The van der Waals surface area contributed by atoms with Crippen LogP contribution in [0.5, 0.6) is 0 Å². The molecule has 4 nitrogen and oxygen atoms in total. The van der Waals surface area contributed by atoms with Crippen molar-refractivity contribution in [1.29, 1.82) is 0 Å². The Morgan fingerprint density at radius 2 is 2.21 bits per heavy atom. The maximum atomic E-state index is 12.3. The van der Waals surface area contributed by atoms with Crippen LogP contribution >= 0.6 is 11.3 Å². The van der Waals surface area contributed by atoms with Crippen molar-refractivity contribution in [3.63, 3.8) is 0 Å². The van der Waals surface area contributed by atoms with E-state index < -0.39 is 0 Å². The van der Waals surface area contributed by atoms with Crippen molar-refractivity contribution in [1.82, 2.24) is 5.32 Å². The first-order valence-corrected chi connectivity index (χ1v) is 9.29. The molecule has 0 bridgehead atoms. The molecule has 1 aromatic heterocycles. The van der Waals surface area contributed by atoms with Crippen molar-refractivity contribution in [3.8, 4) is 0 Å². The van der Waals surface area contributed by atoms with Crippen LogP contribution in [0.15, 0.2) is 46.8 Å². The lowest BCUT2D eigenvalue weighted by atomic mass is 9.88. The summed E-state index contributed by atoms with van der Waals surface area (Å²) in [4.78, 5) is 17.7. The van der Waals surface area contributed by atoms with Gasteiger partial charge in [0.15, 0.2) is 0 Å². The van der Waals surface area contributed by atoms with E-state index in [9.17, 15) is 4.79 Å². The summed E-state index contributed by atoms with van der Waals surface area (Å²) >= 11 is 1.41. The Hall–Kier alpha value is -2.14. The number of hydrogen-bond acceptors (Lipinski definition) is 4. The number of nitrogens with one attached hydrogen (secondary N) is 1. The number of amidine groups is 1. The van der Waals surface area contributed by atoms with Crippen LogP contribution in [0.25, 0.3) is 0 Å². The molecule has 126 valence electrons. The predicted octanol–water partition coefficient (Wildman–Crippen LogP) is 4.34. The minimum Gasteiger partial charge on any atom is -0.465 e. The van der Waals surface area contributed by atoms with E-state index in [1.165, 1.54) is 22.5 Å². The Balaban J connectivity index is 1.80. The molecule has 2 aromatic rings. The van der Waals surface area contributed by atoms with E-state index in [0.717, 1.165) is 25.7 Å². The summed E-state index contributed by atoms with van der Waals surface area (Å²) in [6.45, 7) is 2.58. The van der Waals surface area contributed by atoms with Crippen LogP contribution in [0.1, 0.15) is 53.0 Å². The van der Waals surface area contributed by atoms with Gasteiger partial charge in [0.25, 0.3) is 11.9 Å². The van der Waals surface area contributed by atoms with Gasteiger partial charge in [0.2, 0.25) is 0 Å². The summed E-state index contributed by atoms with van der Waals surface area (Å²) in [5, 5.41) is 4.72. The first-order valence-electron chi connectivity index (χ1n) is 8.41. The molecule has 1 amide bonds. The molecule has 1 aliphatic carbocycles. The molecule has 1 atom stereocenters. The monoisotopic (exact) mass is 342 g/mol. The highest BCUT2D eigenvalue weighted by Crippen LogP contribution is 2.32. The van der Waals surface area contributed by atoms with Crippen LogP contribution in [0, 0.1) is 0 Å². The Morgan fingerprint density at radius 3 is 3.00 bits per heavy atom. The highest BCUT2D eigenvalue weighted by atomic mass is 32.1. The van der Waals surface area contributed by atoms with E-state index in [-0.39, 0.29) is 11.9 Å². The first-order chi connectivity index (χ1) is 11.8. The van der Waals surface area contributed by atoms with Gasteiger partial charge in [-0.2, -0.15) is 0 Å². The van der Waals surface area contributed by atoms with Gasteiger partial charge in [0.05, 0.1) is 17.5 Å². The zero-order chi connectivity index (χ0) is 16.8. The smallest absolute Gasteiger partial charge is 0.292 e. The van der Waals surface area contributed by atoms with Crippen molar-refractivity contribution in [3.05, 3.63) is 57.8 Å². The molecule has 3 rings (SSSR count). The molecule has 0 aliphatic heterocycles. The highest BCUT2D eigenvalue weighted by molar-refractivity contribution is 7.12. The molecule has 1 aromatic carbocycles. The minimum atomic E-state index is -0.163. The fourth-order valence-electron chi connectivity index (χ4n) is 2.87. The van der Waals surface area contributed by atoms with Crippen molar-refractivity contribution < 1.29 is 9.53 Å². The molecule has 1 N–H and O–H groups in total. The number of nitrogens with zero attached hydrogens (tertiary/aromatic N) is 1. The molecule has 1 heterocycles. The summed E-state index contributed by atoms with van der Waals surface area (Å²) in [7, 11) is 0. The number of aryl methyl sites for hydroxylation is 1. The lowest BCUT2D eigenvalue weighted by molar-refractivity contribution is 0.0969. The third-order valence-corrected chi connectivity index (χ3v) is 4.89. The molecular weight excluding hydrogens is 320 g/mol. The number of thiophene rings is 1. The Kier molecular flexibility index (Phi) is 5.64. The number of aliphatic imine (C=N–C) groups is 1. The summed E-state index contributed by atoms with van der Waals surface area (Å²) in [6.07, 6.45) is 4.04. The van der Waals surface area contributed by atoms with E-state index in [1.807, 2.05) is 24.4 Å². The number of ether oxygens (including phenoxy) is 1. The Morgan fingerprint density at radius 1 is 1.33 bits per heavy atom. The third kappa shape index (κ3) is 4.03. The van der Waals surface area contributed by atoms with Gasteiger partial charge >= 0.3 is 0 Å². The summed E-state index contributed by atoms with van der Waals surface area (Å²) in [5.41, 5.74) is 2.59. The van der Waals surface area contributed by atoms with Crippen molar-refractivity contribution in [2.24, 2.45) is 4.99 Å². The highest BCUT2D eigenvalue weighted by Gasteiger charge is 2.21. The van der Waals surface area contributed by atoms with Gasteiger partial charge in [0.1, 0.15) is 0 Å². The Labute approximate surface area is 146 Å². The average molecular weight is 342 g/mol. The van der Waals surface area contributed by atoms with Crippen LogP contribution < -0.4 is 5.32 Å². The van der Waals surface area contributed by atoms with Gasteiger partial charge in [-0.15, -0.1) is 11.3 Å². The van der Waals surface area contributed by atoms with E-state index in [2.05, 4.69) is 23.5 Å². The van der Waals surface area contributed by atoms with Crippen molar-refractivity contribution >= 4 is 23.3 Å². The normalized spacial score (nSPS) is 17.2. The molecule has 24 heavy (non-hydrogen) atoms. The average Bonchev–Trinajstić information content (AvgIpc) is 3.15. The maximum absolute atomic E-state index is 12.3. The molecule has 1 aliphatic rings. The Bertz CT molecular complexity index is 710. The van der Waals surface area contributed by atoms with E-state index in [0.29, 0.717) is 17.5 Å². The van der Waals surface area contributed by atoms with Crippen molar-refractivity contribution in [2.75, 3.05) is 6.61 Å². The molecule has 5 heteroatoms. The fourth-order valence-corrected chi connectivity index (χ4v) is 3.49. The number of benzene rings is 1. The summed E-state index contributed by atoms with van der Waals surface area (Å²) in [5.74, 6) is -0.163. The first kappa shape index (κ1) is 16.7. The lowest BCUT2D eigenvalue weighted by Gasteiger charge is -2.23. The number of amides is 1. The van der Waals surface area contributed by atoms with Crippen LogP contribution in [-0.2, 0) is 11.2 Å². The second kappa shape index (κ2) is 8.11. The van der Waals surface area contributed by atoms with Crippen LogP contribution in [0.2, 0.25) is 0 Å². The second-order valence-corrected chi connectivity index (χ2v) is 6.77. The topological polar surface area (TPSA) is 50.7 Å². The second-order valence-electron chi connectivity index (χ2n) is 5.82. The van der Waals surface area contributed by atoms with Gasteiger partial charge in [-0.05, 0) is 48.3 Å². The molecular formula is C19H22N2O2S. The van der Waals surface area contributed by atoms with Gasteiger partial charge in [0, 0.05) is 0 Å².